The van der Waals surface area contributed by atoms with Gasteiger partial charge in [0.05, 0.1) is 11.8 Å². The minimum atomic E-state index is -0.0400. The molecule has 0 saturated heterocycles. The Bertz CT molecular complexity index is 955. The number of fused-ring (bicyclic) bond motifs is 5. The van der Waals surface area contributed by atoms with Gasteiger partial charge in [-0.1, -0.05) is 20.8 Å². The third-order valence-corrected chi connectivity index (χ3v) is 13.3. The van der Waals surface area contributed by atoms with Gasteiger partial charge in [-0.2, -0.15) is 11.8 Å². The van der Waals surface area contributed by atoms with E-state index in [9.17, 15) is 10.2 Å². The summed E-state index contributed by atoms with van der Waals surface area (Å²) in [7, 11) is 0. The number of aliphatic hydroxyl groups excluding tert-OH is 1. The normalized spacial score (nSPS) is 40.1. The molecule has 5 rings (SSSR count). The SMILES string of the molecule is Cc1ncc(CSCCC[C@@H](C)[C@H]2CC[C@H]3[C@@H]4CCC5C[C@H](O)CC[C@]5(C)[C@H]4CC[C@]23C)c(CN)c1O. The maximum Gasteiger partial charge on any atom is 0.141 e. The van der Waals surface area contributed by atoms with Crippen molar-refractivity contribution < 1.29 is 10.2 Å². The Balaban J connectivity index is 1.14. The smallest absolute Gasteiger partial charge is 0.141 e. The molecular formula is C32H52N2O2S. The molecule has 37 heavy (non-hydrogen) atoms. The highest BCUT2D eigenvalue weighted by Gasteiger charge is 2.60. The lowest BCUT2D eigenvalue weighted by molar-refractivity contribution is -0.129. The quantitative estimate of drug-likeness (QED) is 0.310. The molecule has 208 valence electrons. The van der Waals surface area contributed by atoms with Crippen LogP contribution in [0.1, 0.15) is 108 Å². The summed E-state index contributed by atoms with van der Waals surface area (Å²) in [5.74, 6) is 7.51. The Labute approximate surface area is 230 Å². The first-order valence-corrected chi connectivity index (χ1v) is 16.5. The molecule has 0 bridgehead atoms. The van der Waals surface area contributed by atoms with Crippen LogP contribution in [0, 0.1) is 53.3 Å². The van der Waals surface area contributed by atoms with E-state index in [4.69, 9.17) is 5.73 Å². The Morgan fingerprint density at radius 3 is 2.62 bits per heavy atom. The van der Waals surface area contributed by atoms with Crippen LogP contribution < -0.4 is 5.73 Å². The fourth-order valence-corrected chi connectivity index (χ4v) is 11.1. The minimum absolute atomic E-state index is 0.0400. The van der Waals surface area contributed by atoms with Gasteiger partial charge in [0.25, 0.3) is 0 Å². The fourth-order valence-electron chi connectivity index (χ4n) is 10.1. The number of pyridine rings is 1. The van der Waals surface area contributed by atoms with E-state index in [1.54, 1.807) is 0 Å². The van der Waals surface area contributed by atoms with Crippen molar-refractivity contribution in [3.05, 3.63) is 23.0 Å². The Kier molecular flexibility index (Phi) is 8.26. The van der Waals surface area contributed by atoms with Gasteiger partial charge < -0.3 is 15.9 Å². The summed E-state index contributed by atoms with van der Waals surface area (Å²) in [4.78, 5) is 4.34. The topological polar surface area (TPSA) is 79.4 Å². The lowest BCUT2D eigenvalue weighted by Gasteiger charge is -2.61. The molecule has 0 radical (unpaired) electrons. The van der Waals surface area contributed by atoms with Gasteiger partial charge in [-0.25, -0.2) is 0 Å². The van der Waals surface area contributed by atoms with Crippen LogP contribution >= 0.6 is 11.8 Å². The van der Waals surface area contributed by atoms with E-state index in [-0.39, 0.29) is 11.9 Å². The molecule has 9 atom stereocenters. The average molecular weight is 529 g/mol. The molecule has 4 nitrogen and oxygen atoms in total. The highest BCUT2D eigenvalue weighted by atomic mass is 32.2. The van der Waals surface area contributed by atoms with E-state index in [0.29, 0.717) is 23.1 Å². The second-order valence-electron chi connectivity index (χ2n) is 13.9. The van der Waals surface area contributed by atoms with Crippen LogP contribution in [0.5, 0.6) is 5.75 Å². The maximum absolute atomic E-state index is 10.3. The number of aromatic hydroxyl groups is 1. The largest absolute Gasteiger partial charge is 0.506 e. The number of rotatable bonds is 8. The average Bonchev–Trinajstić information content (AvgIpc) is 3.23. The van der Waals surface area contributed by atoms with Gasteiger partial charge >= 0.3 is 0 Å². The first kappa shape index (κ1) is 27.8. The lowest BCUT2D eigenvalue weighted by atomic mass is 9.44. The van der Waals surface area contributed by atoms with E-state index in [1.807, 2.05) is 24.9 Å². The van der Waals surface area contributed by atoms with Gasteiger partial charge in [0.2, 0.25) is 0 Å². The van der Waals surface area contributed by atoms with Crippen LogP contribution in [-0.2, 0) is 12.3 Å². The van der Waals surface area contributed by atoms with Crippen molar-refractivity contribution in [2.45, 2.75) is 117 Å². The van der Waals surface area contributed by atoms with Crippen molar-refractivity contribution in [3.63, 3.8) is 0 Å². The number of thioether (sulfide) groups is 1. The van der Waals surface area contributed by atoms with E-state index in [1.165, 1.54) is 57.8 Å². The van der Waals surface area contributed by atoms with Gasteiger partial charge in [0.15, 0.2) is 0 Å². The summed E-state index contributed by atoms with van der Waals surface area (Å²) in [6, 6.07) is 0. The number of hydrogen-bond donors (Lipinski definition) is 3. The molecule has 1 aromatic rings. The van der Waals surface area contributed by atoms with Crippen LogP contribution in [0.15, 0.2) is 6.20 Å². The van der Waals surface area contributed by atoms with Gasteiger partial charge in [-0.05, 0) is 135 Å². The number of aryl methyl sites for hydroxylation is 1. The lowest BCUT2D eigenvalue weighted by Crippen LogP contribution is -2.54. The molecule has 5 heteroatoms. The second-order valence-corrected chi connectivity index (χ2v) is 15.0. The van der Waals surface area contributed by atoms with Gasteiger partial charge in [-0.3, -0.25) is 4.98 Å². The van der Waals surface area contributed by atoms with Crippen LogP contribution in [0.4, 0.5) is 0 Å². The monoisotopic (exact) mass is 528 g/mol. The third-order valence-electron chi connectivity index (χ3n) is 12.2. The molecule has 1 aromatic heterocycles. The zero-order chi connectivity index (χ0) is 26.4. The molecule has 0 amide bonds. The van der Waals surface area contributed by atoms with E-state index >= 15 is 0 Å². The highest BCUT2D eigenvalue weighted by Crippen LogP contribution is 2.68. The minimum Gasteiger partial charge on any atom is -0.506 e. The predicted molar refractivity (Wildman–Crippen MR) is 154 cm³/mol. The van der Waals surface area contributed by atoms with Crippen LogP contribution in [-0.4, -0.2) is 27.1 Å². The number of aromatic nitrogens is 1. The number of nitrogens with zero attached hydrogens (tertiary/aromatic N) is 1. The third kappa shape index (κ3) is 4.99. The summed E-state index contributed by atoms with van der Waals surface area (Å²) in [5, 5.41) is 20.6. The molecule has 4 aliphatic rings. The van der Waals surface area contributed by atoms with Crippen molar-refractivity contribution >= 4 is 11.8 Å². The molecule has 0 spiro atoms. The number of hydrogen-bond acceptors (Lipinski definition) is 5. The first-order chi connectivity index (χ1) is 17.7. The van der Waals surface area contributed by atoms with E-state index in [0.717, 1.165) is 71.0 Å². The molecule has 4 fully saturated rings. The summed E-state index contributed by atoms with van der Waals surface area (Å²) < 4.78 is 0. The van der Waals surface area contributed by atoms with Crippen molar-refractivity contribution in [1.29, 1.82) is 0 Å². The Morgan fingerprint density at radius 1 is 1.08 bits per heavy atom. The highest BCUT2D eigenvalue weighted by molar-refractivity contribution is 7.98. The van der Waals surface area contributed by atoms with Gasteiger partial charge in [0.1, 0.15) is 5.75 Å². The van der Waals surface area contributed by atoms with Crippen molar-refractivity contribution in [2.24, 2.45) is 52.1 Å². The Morgan fingerprint density at radius 2 is 1.84 bits per heavy atom. The predicted octanol–water partition coefficient (Wildman–Crippen LogP) is 7.22. The van der Waals surface area contributed by atoms with Gasteiger partial charge in [-0.15, -0.1) is 0 Å². The van der Waals surface area contributed by atoms with Gasteiger partial charge in [0, 0.05) is 24.1 Å². The first-order valence-electron chi connectivity index (χ1n) is 15.3. The summed E-state index contributed by atoms with van der Waals surface area (Å²) in [6.45, 7) is 10.0. The molecule has 4 aliphatic carbocycles. The van der Waals surface area contributed by atoms with Crippen molar-refractivity contribution in [2.75, 3.05) is 5.75 Å². The van der Waals surface area contributed by atoms with Crippen LogP contribution in [0.2, 0.25) is 0 Å². The van der Waals surface area contributed by atoms with Crippen molar-refractivity contribution in [1.82, 2.24) is 4.98 Å². The molecule has 1 unspecified atom stereocenters. The molecule has 1 heterocycles. The molecular weight excluding hydrogens is 476 g/mol. The molecule has 0 aromatic carbocycles. The number of aliphatic hydroxyl groups is 1. The zero-order valence-corrected chi connectivity index (χ0v) is 24.7. The zero-order valence-electron chi connectivity index (χ0n) is 23.8. The number of nitrogens with two attached hydrogens (primary N) is 1. The summed E-state index contributed by atoms with van der Waals surface area (Å²) in [6.07, 6.45) is 16.3. The summed E-state index contributed by atoms with van der Waals surface area (Å²) >= 11 is 1.96. The van der Waals surface area contributed by atoms with Crippen LogP contribution in [0.25, 0.3) is 0 Å². The standard InChI is InChI=1S/C32H52N2O2S/c1-20(6-5-15-37-19-22-18-34-21(2)30(36)26(22)17-33)27-9-10-28-25-8-7-23-16-24(35)11-13-31(23,3)29(25)12-14-32(27,28)4/h18,20,23-25,27-29,35-36H,5-17,19,33H2,1-4H3/t20-,23?,24-,25+,27-,28+,29+,31+,32-/m1/s1. The van der Waals surface area contributed by atoms with Crippen LogP contribution in [0.3, 0.4) is 0 Å². The molecule has 4 saturated carbocycles. The molecule has 0 aliphatic heterocycles. The fraction of sp³-hybridized carbons (Fsp3) is 0.844. The summed E-state index contributed by atoms with van der Waals surface area (Å²) in [5.41, 5.74) is 9.54. The van der Waals surface area contributed by atoms with E-state index < -0.39 is 0 Å². The van der Waals surface area contributed by atoms with E-state index in [2.05, 4.69) is 25.8 Å². The Hall–Kier alpha value is -0.780. The second kappa shape index (κ2) is 11.0. The maximum atomic E-state index is 10.3. The molecule has 4 N–H and O–H groups in total. The van der Waals surface area contributed by atoms with Crippen molar-refractivity contribution in [3.8, 4) is 5.75 Å².